The molecule has 1 aromatic carbocycles. The van der Waals surface area contributed by atoms with Gasteiger partial charge in [0, 0.05) is 13.0 Å². The lowest BCUT2D eigenvalue weighted by Gasteiger charge is -2.47. The highest BCUT2D eigenvalue weighted by molar-refractivity contribution is 5.89. The highest BCUT2D eigenvalue weighted by Gasteiger charge is 2.48. The molecule has 0 radical (unpaired) electrons. The maximum atomic E-state index is 13.9. The van der Waals surface area contributed by atoms with Crippen molar-refractivity contribution in [3.8, 4) is 0 Å². The summed E-state index contributed by atoms with van der Waals surface area (Å²) in [5, 5.41) is 49.2. The van der Waals surface area contributed by atoms with Crippen molar-refractivity contribution in [2.24, 2.45) is 0 Å². The van der Waals surface area contributed by atoms with Crippen molar-refractivity contribution in [3.63, 3.8) is 0 Å². The zero-order valence-corrected chi connectivity index (χ0v) is 36.1. The lowest BCUT2D eigenvalue weighted by Crippen LogP contribution is -2.69. The predicted octanol–water partition coefficient (Wildman–Crippen LogP) is 5.76. The minimum absolute atomic E-state index is 0.0528. The molecular formula is C45H78N4O10. The van der Waals surface area contributed by atoms with Gasteiger partial charge in [0.1, 0.15) is 37.0 Å². The number of hydrogen-bond donors (Lipinski definition) is 7. The Bertz CT molecular complexity index is 1270. The minimum atomic E-state index is -1.61. The first-order valence-corrected chi connectivity index (χ1v) is 22.7. The fourth-order valence-electron chi connectivity index (χ4n) is 7.40. The Morgan fingerprint density at radius 3 is 1.78 bits per heavy atom. The Balaban J connectivity index is 2.03. The summed E-state index contributed by atoms with van der Waals surface area (Å²) >= 11 is 0. The Hall–Kier alpha value is -3.30. The summed E-state index contributed by atoms with van der Waals surface area (Å²) in [6.45, 7) is 2.67. The summed E-state index contributed by atoms with van der Waals surface area (Å²) in [6, 6.07) is 6.20. The summed E-state index contributed by atoms with van der Waals surface area (Å²) in [7, 11) is 0. The van der Waals surface area contributed by atoms with Gasteiger partial charge in [-0.1, -0.05) is 166 Å². The van der Waals surface area contributed by atoms with Gasteiger partial charge in [0.25, 0.3) is 0 Å². The van der Waals surface area contributed by atoms with Crippen LogP contribution in [-0.2, 0) is 30.5 Å². The monoisotopic (exact) mass is 835 g/mol. The second kappa shape index (κ2) is 32.5. The van der Waals surface area contributed by atoms with Crippen LogP contribution in [0.4, 0.5) is 4.79 Å². The fraction of sp³-hybridized carbons (Fsp3) is 0.778. The molecule has 59 heavy (non-hydrogen) atoms. The van der Waals surface area contributed by atoms with Crippen molar-refractivity contribution in [1.82, 2.24) is 20.9 Å². The third-order valence-corrected chi connectivity index (χ3v) is 11.0. The van der Waals surface area contributed by atoms with Crippen LogP contribution in [0.25, 0.3) is 0 Å². The number of alkyl carbamates (subject to hydrolysis) is 1. The van der Waals surface area contributed by atoms with E-state index in [-0.39, 0.29) is 18.9 Å². The maximum Gasteiger partial charge on any atom is 0.408 e. The molecule has 0 aromatic heterocycles. The van der Waals surface area contributed by atoms with E-state index in [0.717, 1.165) is 44.1 Å². The summed E-state index contributed by atoms with van der Waals surface area (Å²) in [5.41, 5.74) is 0.727. The van der Waals surface area contributed by atoms with Crippen molar-refractivity contribution in [2.75, 3.05) is 26.3 Å². The van der Waals surface area contributed by atoms with Gasteiger partial charge in [-0.3, -0.25) is 14.4 Å². The number of benzene rings is 1. The van der Waals surface area contributed by atoms with E-state index in [4.69, 9.17) is 9.47 Å². The third-order valence-electron chi connectivity index (χ3n) is 11.0. The van der Waals surface area contributed by atoms with Gasteiger partial charge < -0.3 is 50.8 Å². The Kier molecular flexibility index (Phi) is 28.5. The van der Waals surface area contributed by atoms with E-state index >= 15 is 0 Å². The topological polar surface area (TPSA) is 207 Å². The van der Waals surface area contributed by atoms with Gasteiger partial charge in [-0.25, -0.2) is 4.79 Å². The Morgan fingerprint density at radius 1 is 0.729 bits per heavy atom. The number of nitrogens with zero attached hydrogens (tertiary/aromatic N) is 1. The average Bonchev–Trinajstić information content (AvgIpc) is 3.24. The number of amides is 4. The lowest BCUT2D eigenvalue weighted by atomic mass is 9.94. The summed E-state index contributed by atoms with van der Waals surface area (Å²) in [6.07, 6.45) is 17.3. The number of rotatable bonds is 33. The van der Waals surface area contributed by atoms with Gasteiger partial charge in [-0.15, -0.1) is 0 Å². The molecule has 0 unspecified atom stereocenters. The molecule has 0 spiro atoms. The van der Waals surface area contributed by atoms with E-state index in [2.05, 4.69) is 29.8 Å². The highest BCUT2D eigenvalue weighted by Crippen LogP contribution is 2.26. The third kappa shape index (κ3) is 21.7. The first-order chi connectivity index (χ1) is 28.7. The number of aliphatic hydroxyl groups is 4. The second-order valence-electron chi connectivity index (χ2n) is 16.0. The molecule has 0 aliphatic carbocycles. The van der Waals surface area contributed by atoms with Gasteiger partial charge in [0.05, 0.1) is 19.8 Å². The molecule has 14 nitrogen and oxygen atoms in total. The first-order valence-electron chi connectivity index (χ1n) is 22.7. The average molecular weight is 835 g/mol. The Labute approximate surface area is 353 Å². The van der Waals surface area contributed by atoms with Gasteiger partial charge >= 0.3 is 6.09 Å². The molecule has 0 bridgehead atoms. The fourth-order valence-corrected chi connectivity index (χ4v) is 7.40. The molecule has 1 fully saturated rings. The van der Waals surface area contributed by atoms with E-state index in [1.54, 1.807) is 24.3 Å². The second-order valence-corrected chi connectivity index (χ2v) is 16.0. The number of ether oxygens (including phenoxy) is 2. The van der Waals surface area contributed by atoms with Gasteiger partial charge in [-0.05, 0) is 18.4 Å². The van der Waals surface area contributed by atoms with E-state index < -0.39 is 74.3 Å². The molecule has 0 saturated carbocycles. The Morgan fingerprint density at radius 2 is 1.25 bits per heavy atom. The van der Waals surface area contributed by atoms with E-state index in [1.807, 2.05) is 6.07 Å². The van der Waals surface area contributed by atoms with Gasteiger partial charge in [0.15, 0.2) is 6.23 Å². The van der Waals surface area contributed by atoms with Gasteiger partial charge in [0.2, 0.25) is 17.7 Å². The lowest BCUT2D eigenvalue weighted by molar-refractivity contribution is -0.231. The van der Waals surface area contributed by atoms with Crippen LogP contribution in [0.15, 0.2) is 30.3 Å². The van der Waals surface area contributed by atoms with Crippen molar-refractivity contribution in [2.45, 2.75) is 198 Å². The molecule has 1 heterocycles. The molecule has 1 aliphatic heterocycles. The number of carbonyl (C=O) groups excluding carboxylic acids is 4. The molecular weight excluding hydrogens is 757 g/mol. The zero-order chi connectivity index (χ0) is 43.1. The van der Waals surface area contributed by atoms with Crippen molar-refractivity contribution >= 4 is 23.8 Å². The highest BCUT2D eigenvalue weighted by atomic mass is 16.6. The van der Waals surface area contributed by atoms with Crippen LogP contribution < -0.4 is 16.0 Å². The van der Waals surface area contributed by atoms with Crippen LogP contribution in [0.5, 0.6) is 0 Å². The summed E-state index contributed by atoms with van der Waals surface area (Å²) < 4.78 is 11.2. The van der Waals surface area contributed by atoms with Crippen molar-refractivity contribution in [1.29, 1.82) is 0 Å². The largest absolute Gasteiger partial charge is 0.445 e. The molecule has 14 heteroatoms. The molecule has 1 aromatic rings. The number of carbonyl (C=O) groups is 4. The molecule has 1 aliphatic rings. The summed E-state index contributed by atoms with van der Waals surface area (Å²) in [5.74, 6) is -1.84. The van der Waals surface area contributed by atoms with E-state index in [0.29, 0.717) is 19.4 Å². The minimum Gasteiger partial charge on any atom is -0.445 e. The van der Waals surface area contributed by atoms with Crippen LogP contribution in [0.2, 0.25) is 0 Å². The number of aliphatic hydroxyl groups excluding tert-OH is 4. The van der Waals surface area contributed by atoms with E-state index in [9.17, 15) is 39.6 Å². The van der Waals surface area contributed by atoms with E-state index in [1.165, 1.54) is 88.4 Å². The molecule has 4 amide bonds. The van der Waals surface area contributed by atoms with Crippen LogP contribution >= 0.6 is 0 Å². The number of unbranched alkanes of at least 4 members (excludes halogenated alkanes) is 19. The van der Waals surface area contributed by atoms with Crippen molar-refractivity contribution in [3.05, 3.63) is 35.9 Å². The zero-order valence-electron chi connectivity index (χ0n) is 36.1. The quantitative estimate of drug-likeness (QED) is 0.0426. The normalized spacial score (nSPS) is 19.5. The van der Waals surface area contributed by atoms with Gasteiger partial charge in [-0.2, -0.15) is 0 Å². The summed E-state index contributed by atoms with van der Waals surface area (Å²) in [4.78, 5) is 53.9. The number of hydrogen-bond acceptors (Lipinski definition) is 10. The molecule has 2 rings (SSSR count). The first kappa shape index (κ1) is 51.8. The molecule has 1 saturated heterocycles. The molecule has 338 valence electrons. The number of nitrogens with one attached hydrogen (secondary N) is 3. The van der Waals surface area contributed by atoms with Crippen LogP contribution in [0.1, 0.15) is 161 Å². The molecule has 6 atom stereocenters. The van der Waals surface area contributed by atoms with Crippen molar-refractivity contribution < 1.29 is 49.1 Å². The smallest absolute Gasteiger partial charge is 0.408 e. The van der Waals surface area contributed by atoms with Crippen LogP contribution in [-0.4, -0.2) is 112 Å². The predicted molar refractivity (Wildman–Crippen MR) is 228 cm³/mol. The molecule has 7 N–H and O–H groups in total. The maximum absolute atomic E-state index is 13.9. The van der Waals surface area contributed by atoms with Crippen LogP contribution in [0, 0.1) is 0 Å². The van der Waals surface area contributed by atoms with Crippen LogP contribution in [0.3, 0.4) is 0 Å². The standard InChI is InChI=1S/C45H78N4O10/c1-3-5-7-9-11-13-14-15-17-19-21-26-30-49(39(53)29-25-20-18-16-12-10-8-6-4-2)44-40(42(55)41(54)37(33-51)59-44)48-38(52)31-46-43(56)36(32-50)47-45(57)58-34-35-27-23-22-24-28-35/h22-24,27-28,36-37,40-42,44,50-51,54-55H,3-21,25-26,29-34H2,1-2H3,(H,46,56)(H,47,57)(H,48,52)/t36-,37+,40+,41+,42+,44+/m0/s1. The SMILES string of the molecule is CCCCCCCCCCCCCCN(C(=O)CCCCCCCCCCC)[C@@H]1O[C@H](CO)[C@@H](O)[C@H](O)[C@H]1NC(=O)CNC(=O)[C@H](CO)NC(=O)OCc1ccccc1.